The molecule has 0 aromatic rings. The van der Waals surface area contributed by atoms with Crippen LogP contribution in [0, 0.1) is 133 Å². The van der Waals surface area contributed by atoms with Crippen molar-refractivity contribution < 1.29 is 68.1 Å². The molecule has 12 aliphatic rings. The van der Waals surface area contributed by atoms with E-state index in [9.17, 15) is 44.4 Å². The number of allylic oxidation sites excluding steroid dienone is 4. The van der Waals surface area contributed by atoms with Gasteiger partial charge in [0.1, 0.15) is 17.8 Å². The van der Waals surface area contributed by atoms with Crippen molar-refractivity contribution in [3.63, 3.8) is 0 Å². The fourth-order valence-corrected chi connectivity index (χ4v) is 28.2. The molecule has 6 N–H and O–H groups in total. The zero-order valence-electron chi connectivity index (χ0n) is 74.1. The summed E-state index contributed by atoms with van der Waals surface area (Å²) < 4.78 is 28.3. The Morgan fingerprint density at radius 1 is 0.381 bits per heavy atom. The SMILES string of the molecule is C=C1CCC2[C@H](CN(C)C)C([C@@]3(C)CC[C@H](O)C[C@@H]3CO)CC[C@]12C.C=C1CCC2[C@H](CN(C)C)C([C@@]3(C)CC[C@H](OC(C)=O)C[C@@H]3COC(C)=O)CC[C@]12C.C=C1CCC2[C@H](CN(C)C)C([C@@]3(OC(C)=O)CC[C@H](O)C[C@@H]3CO)CC[C@]12C.C=C1CCC2[C@H](CN)C([C@@]3(C)CC[C@H](OC(C)=O)C[C@@H]3COC(C)=O)CC[C@]12C. The highest BCUT2D eigenvalue weighted by molar-refractivity contribution is 5.67. The number of carbonyl (C=O) groups is 5. The van der Waals surface area contributed by atoms with Crippen LogP contribution in [0.1, 0.15) is 263 Å². The molecule has 0 aliphatic heterocycles. The first-order valence-corrected chi connectivity index (χ1v) is 44.7. The van der Waals surface area contributed by atoms with Crippen molar-refractivity contribution in [3.8, 4) is 0 Å². The fourth-order valence-electron chi connectivity index (χ4n) is 28.2. The van der Waals surface area contributed by atoms with E-state index >= 15 is 0 Å². The lowest BCUT2D eigenvalue weighted by Crippen LogP contribution is -2.60. The van der Waals surface area contributed by atoms with Gasteiger partial charge in [-0.15, -0.1) is 0 Å². The van der Waals surface area contributed by atoms with Gasteiger partial charge in [-0.1, -0.05) is 97.1 Å². The summed E-state index contributed by atoms with van der Waals surface area (Å²) in [6, 6.07) is 0. The topological polar surface area (TPSA) is 248 Å². The Hall–Kier alpha value is -4.01. The van der Waals surface area contributed by atoms with E-state index < -0.39 is 11.7 Å². The second-order valence-corrected chi connectivity index (χ2v) is 41.6. The number of fused-ring (bicyclic) bond motifs is 4. The van der Waals surface area contributed by atoms with E-state index in [1.54, 1.807) is 0 Å². The van der Waals surface area contributed by atoms with Crippen molar-refractivity contribution in [2.75, 3.05) is 94.9 Å². The van der Waals surface area contributed by atoms with Gasteiger partial charge in [-0.2, -0.15) is 0 Å². The first-order chi connectivity index (χ1) is 52.9. The van der Waals surface area contributed by atoms with Crippen LogP contribution in [0.5, 0.6) is 0 Å². The molecule has 0 bridgehead atoms. The van der Waals surface area contributed by atoms with Crippen molar-refractivity contribution in [2.45, 2.75) is 293 Å². The van der Waals surface area contributed by atoms with Crippen molar-refractivity contribution in [3.05, 3.63) is 48.6 Å². The molecule has 12 saturated carbocycles. The minimum absolute atomic E-state index is 0.0292. The Morgan fingerprint density at radius 2 is 0.690 bits per heavy atom. The summed E-state index contributed by atoms with van der Waals surface area (Å²) in [4.78, 5) is 65.4. The van der Waals surface area contributed by atoms with Gasteiger partial charge in [0, 0.05) is 91.1 Å². The van der Waals surface area contributed by atoms with Crippen LogP contribution < -0.4 is 5.73 Å². The van der Waals surface area contributed by atoms with Crippen molar-refractivity contribution >= 4 is 29.8 Å². The molecule has 644 valence electrons. The van der Waals surface area contributed by atoms with E-state index in [1.807, 2.05) is 0 Å². The number of aliphatic hydroxyl groups is 4. The predicted octanol–water partition coefficient (Wildman–Crippen LogP) is 15.8. The van der Waals surface area contributed by atoms with Gasteiger partial charge in [-0.25, -0.2) is 0 Å². The molecule has 28 atom stereocenters. The Kier molecular flexibility index (Phi) is 31.0. The minimum atomic E-state index is -0.675. The summed E-state index contributed by atoms with van der Waals surface area (Å²) in [5.74, 6) is 5.74. The van der Waals surface area contributed by atoms with Crippen LogP contribution in [0.3, 0.4) is 0 Å². The molecule has 12 aliphatic carbocycles. The van der Waals surface area contributed by atoms with E-state index in [0.29, 0.717) is 104 Å². The van der Waals surface area contributed by atoms with Crippen LogP contribution in [0.25, 0.3) is 0 Å². The molecule has 0 amide bonds. The lowest BCUT2D eigenvalue weighted by atomic mass is 9.49. The van der Waals surface area contributed by atoms with Crippen LogP contribution >= 0.6 is 0 Å². The monoisotopic (exact) mass is 1580 g/mol. The summed E-state index contributed by atoms with van der Waals surface area (Å²) in [6.07, 6.45) is 27.6. The third kappa shape index (κ3) is 19.6. The van der Waals surface area contributed by atoms with Gasteiger partial charge in [0.25, 0.3) is 0 Å². The number of nitrogens with two attached hydrogens (primary N) is 1. The number of hydrogen-bond acceptors (Lipinski definition) is 18. The standard InChI is InChI=1S/C26H43NO4.C24H39NO4.C23H39NO4.C22H39NO2/c1-17-8-9-23-22(15-27(6)7)24(11-13-25(17,23)4)26(5)12-10-21(31-19(3)29)14-20(26)16-30-18(2)28;1-15-6-7-21-20(13-25)22(9-11-23(15,21)4)24(5)10-8-19(29-17(3)27)12-18(24)14-28-16(2)26;1-15-6-7-20-19(13-24(4)5)21(9-10-22(15,20)3)23(28-16(2)26)11-8-18(27)12-17(23)14-25;1-15-6-7-19-18(13-23(4)5)20(9-11-21(15,19)2)22(3)10-8-17(25)12-16(22)14-24/h20-24H,1,8-16H2,2-7H3;18-22H,1,6-14,25H2,2-5H3;17-21,25,27H,1,6-14H2,2-5H3;16-20,24-25H,1,6-14H2,2-5H3/t20-,21+,22+,23?,24?,25-,26+;18-,19+,20+,21?,22?,23-,24+;17-,18+,19+,20?,21?,22-,23-;16-,17+,18+,19?,20?,21-,22+/m1111/s1. The second kappa shape index (κ2) is 37.7. The first kappa shape index (κ1) is 92.9. The van der Waals surface area contributed by atoms with Gasteiger partial charge in [-0.3, -0.25) is 24.0 Å². The molecule has 18 heteroatoms. The second-order valence-electron chi connectivity index (χ2n) is 41.6. The quantitative estimate of drug-likeness (QED) is 0.0432. The fraction of sp³-hybridized carbons (Fsp3) is 0.863. The number of hydrogen-bond donors (Lipinski definition) is 5. The van der Waals surface area contributed by atoms with Gasteiger partial charge in [0.2, 0.25) is 0 Å². The smallest absolute Gasteiger partial charge is 0.303 e. The third-order valence-corrected chi connectivity index (χ3v) is 34.7. The maximum Gasteiger partial charge on any atom is 0.303 e. The molecule has 0 heterocycles. The average Bonchev–Trinajstić information content (AvgIpc) is 1.76. The molecule has 12 fully saturated rings. The van der Waals surface area contributed by atoms with Gasteiger partial charge in [0.15, 0.2) is 0 Å². The largest absolute Gasteiger partial charge is 0.466 e. The van der Waals surface area contributed by atoms with E-state index in [-0.39, 0.29) is 123 Å². The minimum Gasteiger partial charge on any atom is -0.466 e. The highest BCUT2D eigenvalue weighted by atomic mass is 16.6. The molecule has 18 nitrogen and oxygen atoms in total. The maximum absolute atomic E-state index is 12.2. The zero-order valence-corrected chi connectivity index (χ0v) is 74.1. The summed E-state index contributed by atoms with van der Waals surface area (Å²) >= 11 is 0. The molecule has 0 aromatic heterocycles. The normalized spacial score (nSPS) is 43.4. The Bertz CT molecular complexity index is 3320. The number of aliphatic hydroxyl groups excluding tert-OH is 4. The van der Waals surface area contributed by atoms with Crippen LogP contribution in [-0.4, -0.2) is 190 Å². The Labute approximate surface area is 683 Å². The van der Waals surface area contributed by atoms with E-state index in [1.165, 1.54) is 115 Å². The molecular weight excluding hydrogens is 1420 g/mol. The van der Waals surface area contributed by atoms with Crippen LogP contribution in [0.2, 0.25) is 0 Å². The average molecular weight is 1580 g/mol. The third-order valence-electron chi connectivity index (χ3n) is 34.7. The molecule has 12 rings (SSSR count). The summed E-state index contributed by atoms with van der Waals surface area (Å²) in [6.45, 7) is 46.8. The lowest BCUT2D eigenvalue weighted by molar-refractivity contribution is -0.204. The van der Waals surface area contributed by atoms with Gasteiger partial charge >= 0.3 is 29.8 Å². The molecule has 113 heavy (non-hydrogen) atoms. The van der Waals surface area contributed by atoms with Gasteiger partial charge < -0.3 is 64.5 Å². The van der Waals surface area contributed by atoms with Crippen molar-refractivity contribution in [1.29, 1.82) is 0 Å². The Balaban J connectivity index is 0.000000173. The van der Waals surface area contributed by atoms with E-state index in [4.69, 9.17) is 29.4 Å². The maximum atomic E-state index is 12.2. The Morgan fingerprint density at radius 3 is 1.02 bits per heavy atom. The predicted molar refractivity (Wildman–Crippen MR) is 448 cm³/mol. The number of esters is 5. The first-order valence-electron chi connectivity index (χ1n) is 44.7. The summed E-state index contributed by atoms with van der Waals surface area (Å²) in [7, 11) is 13.0. The van der Waals surface area contributed by atoms with E-state index in [2.05, 4.69) is 132 Å². The van der Waals surface area contributed by atoms with Crippen molar-refractivity contribution in [2.24, 2.45) is 138 Å². The summed E-state index contributed by atoms with van der Waals surface area (Å²) in [5, 5.41) is 40.7. The molecule has 0 radical (unpaired) electrons. The number of carbonyl (C=O) groups excluding carboxylic acids is 5. The molecule has 8 unspecified atom stereocenters. The zero-order chi connectivity index (χ0) is 83.5. The van der Waals surface area contributed by atoms with Crippen LogP contribution in [0.4, 0.5) is 0 Å². The van der Waals surface area contributed by atoms with Gasteiger partial charge in [-0.05, 0) is 338 Å². The molecule has 0 saturated heterocycles. The van der Waals surface area contributed by atoms with E-state index in [0.717, 1.165) is 128 Å². The highest BCUT2D eigenvalue weighted by Gasteiger charge is 2.63. The molecule has 0 spiro atoms. The number of nitrogens with zero attached hydrogens (tertiary/aromatic N) is 3. The van der Waals surface area contributed by atoms with Crippen LogP contribution in [0.15, 0.2) is 48.6 Å². The summed E-state index contributed by atoms with van der Waals surface area (Å²) in [5.41, 5.74) is 12.6. The lowest BCUT2D eigenvalue weighted by Gasteiger charge is -2.57. The molecular formula is C95H160N4O14. The molecule has 0 aromatic carbocycles. The van der Waals surface area contributed by atoms with Gasteiger partial charge in [0.05, 0.1) is 25.4 Å². The number of ether oxygens (including phenoxy) is 5. The number of rotatable bonds is 20. The highest BCUT2D eigenvalue weighted by Crippen LogP contribution is 2.68. The van der Waals surface area contributed by atoms with Crippen molar-refractivity contribution in [1.82, 2.24) is 14.7 Å². The van der Waals surface area contributed by atoms with Crippen LogP contribution in [-0.2, 0) is 47.7 Å².